The van der Waals surface area contributed by atoms with Gasteiger partial charge in [-0.2, -0.15) is 0 Å². The predicted molar refractivity (Wildman–Crippen MR) is 49.3 cm³/mol. The molecule has 2 aromatic rings. The van der Waals surface area contributed by atoms with Gasteiger partial charge in [0.1, 0.15) is 0 Å². The molecule has 2 heterocycles. The van der Waals surface area contributed by atoms with Crippen LogP contribution < -0.4 is 0 Å². The third-order valence-corrected chi connectivity index (χ3v) is 2.47. The zero-order valence-electron chi connectivity index (χ0n) is 5.63. The molecule has 0 radical (unpaired) electrons. The average molecular weight is 182 g/mol. The van der Waals surface area contributed by atoms with Gasteiger partial charge in [-0.05, 0) is 24.4 Å². The summed E-state index contributed by atoms with van der Waals surface area (Å²) in [7, 11) is 0. The number of nitrogens with one attached hydrogen (secondary N) is 2. The van der Waals surface area contributed by atoms with Crippen LogP contribution in [0.5, 0.6) is 0 Å². The van der Waals surface area contributed by atoms with Crippen LogP contribution in [0.3, 0.4) is 0 Å². The van der Waals surface area contributed by atoms with Gasteiger partial charge in [-0.1, -0.05) is 0 Å². The molecule has 11 heavy (non-hydrogen) atoms. The lowest BCUT2D eigenvalue weighted by Gasteiger charge is -1.87. The molecule has 0 atom stereocenters. The Morgan fingerprint density at radius 1 is 1.36 bits per heavy atom. The second-order valence-corrected chi connectivity index (χ2v) is 3.69. The summed E-state index contributed by atoms with van der Waals surface area (Å²) in [6.07, 6.45) is 1.89. The lowest BCUT2D eigenvalue weighted by molar-refractivity contribution is 1.32. The summed E-state index contributed by atoms with van der Waals surface area (Å²) >= 11 is 6.50. The highest BCUT2D eigenvalue weighted by molar-refractivity contribution is 7.73. The van der Waals surface area contributed by atoms with Gasteiger partial charge < -0.3 is 9.97 Å². The van der Waals surface area contributed by atoms with Crippen LogP contribution in [0.1, 0.15) is 0 Å². The van der Waals surface area contributed by atoms with E-state index in [9.17, 15) is 0 Å². The molecule has 0 aliphatic rings. The van der Waals surface area contributed by atoms with Crippen LogP contribution >= 0.6 is 23.6 Å². The van der Waals surface area contributed by atoms with E-state index in [1.807, 2.05) is 23.7 Å². The quantitative estimate of drug-likeness (QED) is 0.653. The van der Waals surface area contributed by atoms with Gasteiger partial charge in [0, 0.05) is 11.6 Å². The Bertz CT molecular complexity index is 382. The summed E-state index contributed by atoms with van der Waals surface area (Å²) in [6, 6.07) is 3.97. The molecule has 0 bridgehead atoms. The standard InChI is InChI=1S/C7H6N2S2/c10-7-9-6(4-11-7)5-2-1-3-8-5/h1-4,8H,(H,9,10). The van der Waals surface area contributed by atoms with Gasteiger partial charge in [0.25, 0.3) is 0 Å². The number of aromatic nitrogens is 2. The first kappa shape index (κ1) is 6.82. The maximum absolute atomic E-state index is 4.96. The first-order valence-electron chi connectivity index (χ1n) is 3.18. The summed E-state index contributed by atoms with van der Waals surface area (Å²) in [5.74, 6) is 0. The van der Waals surface area contributed by atoms with Crippen molar-refractivity contribution in [1.29, 1.82) is 0 Å². The third kappa shape index (κ3) is 1.27. The lowest BCUT2D eigenvalue weighted by Crippen LogP contribution is -1.73. The van der Waals surface area contributed by atoms with E-state index in [2.05, 4.69) is 9.97 Å². The number of rotatable bonds is 1. The van der Waals surface area contributed by atoms with E-state index in [0.717, 1.165) is 15.3 Å². The fourth-order valence-corrected chi connectivity index (χ4v) is 1.74. The Hall–Kier alpha value is -0.870. The lowest BCUT2D eigenvalue weighted by atomic mass is 10.3. The number of hydrogen-bond acceptors (Lipinski definition) is 2. The first-order chi connectivity index (χ1) is 5.36. The minimum Gasteiger partial charge on any atom is -0.360 e. The number of H-pyrrole nitrogens is 2. The molecule has 0 aliphatic carbocycles. The summed E-state index contributed by atoms with van der Waals surface area (Å²) < 4.78 is 0.814. The SMILES string of the molecule is S=c1[nH]c(-c2ccc[nH]2)cs1. The molecule has 2 N–H and O–H groups in total. The molecule has 0 unspecified atom stereocenters. The van der Waals surface area contributed by atoms with Crippen molar-refractivity contribution in [2.45, 2.75) is 0 Å². The van der Waals surface area contributed by atoms with E-state index in [0.29, 0.717) is 0 Å². The number of thiazole rings is 1. The van der Waals surface area contributed by atoms with Crippen molar-refractivity contribution in [1.82, 2.24) is 9.97 Å². The van der Waals surface area contributed by atoms with Crippen molar-refractivity contribution in [2.75, 3.05) is 0 Å². The Morgan fingerprint density at radius 3 is 2.82 bits per heavy atom. The topological polar surface area (TPSA) is 31.6 Å². The van der Waals surface area contributed by atoms with Gasteiger partial charge in [-0.3, -0.25) is 0 Å². The smallest absolute Gasteiger partial charge is 0.158 e. The van der Waals surface area contributed by atoms with Crippen LogP contribution in [0.15, 0.2) is 23.7 Å². The molecule has 0 amide bonds. The average Bonchev–Trinajstić information content (AvgIpc) is 2.55. The van der Waals surface area contributed by atoms with Gasteiger partial charge in [0.2, 0.25) is 0 Å². The molecule has 2 nitrogen and oxygen atoms in total. The molecule has 0 spiro atoms. The highest BCUT2D eigenvalue weighted by Gasteiger charge is 1.97. The van der Waals surface area contributed by atoms with Gasteiger partial charge in [-0.25, -0.2) is 0 Å². The van der Waals surface area contributed by atoms with Crippen molar-refractivity contribution >= 4 is 23.6 Å². The fraction of sp³-hybridized carbons (Fsp3) is 0. The maximum Gasteiger partial charge on any atom is 0.158 e. The van der Waals surface area contributed by atoms with Crippen LogP contribution in [-0.4, -0.2) is 9.97 Å². The maximum atomic E-state index is 4.96. The van der Waals surface area contributed by atoms with Crippen molar-refractivity contribution in [3.63, 3.8) is 0 Å². The summed E-state index contributed by atoms with van der Waals surface area (Å²) in [4.78, 5) is 6.18. The number of hydrogen-bond donors (Lipinski definition) is 2. The van der Waals surface area contributed by atoms with E-state index in [1.54, 1.807) is 11.3 Å². The van der Waals surface area contributed by atoms with Crippen molar-refractivity contribution < 1.29 is 0 Å². The Labute approximate surface area is 72.9 Å². The zero-order chi connectivity index (χ0) is 7.68. The minimum absolute atomic E-state index is 0.814. The molecule has 0 saturated carbocycles. The fourth-order valence-electron chi connectivity index (χ4n) is 0.910. The van der Waals surface area contributed by atoms with Crippen molar-refractivity contribution in [3.05, 3.63) is 27.7 Å². The van der Waals surface area contributed by atoms with E-state index in [1.165, 1.54) is 0 Å². The van der Waals surface area contributed by atoms with Crippen LogP contribution in [0.4, 0.5) is 0 Å². The van der Waals surface area contributed by atoms with E-state index >= 15 is 0 Å². The molecular formula is C7H6N2S2. The summed E-state index contributed by atoms with van der Waals surface area (Å²) in [5, 5.41) is 2.01. The Balaban J connectivity index is 2.53. The zero-order valence-corrected chi connectivity index (χ0v) is 7.26. The van der Waals surface area contributed by atoms with Crippen LogP contribution in [0.2, 0.25) is 0 Å². The molecule has 2 rings (SSSR count). The third-order valence-electron chi connectivity index (χ3n) is 1.41. The number of aromatic amines is 2. The van der Waals surface area contributed by atoms with Crippen molar-refractivity contribution in [2.24, 2.45) is 0 Å². The van der Waals surface area contributed by atoms with Gasteiger partial charge >= 0.3 is 0 Å². The van der Waals surface area contributed by atoms with E-state index < -0.39 is 0 Å². The molecule has 0 aromatic carbocycles. The van der Waals surface area contributed by atoms with Crippen LogP contribution in [0.25, 0.3) is 11.4 Å². The minimum atomic E-state index is 0.814. The first-order valence-corrected chi connectivity index (χ1v) is 4.46. The van der Waals surface area contributed by atoms with Gasteiger partial charge in [0.05, 0.1) is 11.4 Å². The monoisotopic (exact) mass is 182 g/mol. The molecule has 0 fully saturated rings. The van der Waals surface area contributed by atoms with Crippen LogP contribution in [0, 0.1) is 3.95 Å². The highest BCUT2D eigenvalue weighted by atomic mass is 32.1. The molecule has 0 saturated heterocycles. The molecule has 0 aliphatic heterocycles. The second kappa shape index (κ2) is 2.64. The molecular weight excluding hydrogens is 176 g/mol. The summed E-state index contributed by atoms with van der Waals surface area (Å²) in [5.41, 5.74) is 2.14. The van der Waals surface area contributed by atoms with Gasteiger partial charge in [0.15, 0.2) is 3.95 Å². The van der Waals surface area contributed by atoms with Gasteiger partial charge in [-0.15, -0.1) is 11.3 Å². The molecule has 4 heteroatoms. The predicted octanol–water partition coefficient (Wildman–Crippen LogP) is 2.80. The normalized spacial score (nSPS) is 10.2. The van der Waals surface area contributed by atoms with E-state index in [4.69, 9.17) is 12.2 Å². The van der Waals surface area contributed by atoms with E-state index in [-0.39, 0.29) is 0 Å². The summed E-state index contributed by atoms with van der Waals surface area (Å²) in [6.45, 7) is 0. The Morgan fingerprint density at radius 2 is 2.27 bits per heavy atom. The molecule has 56 valence electrons. The largest absolute Gasteiger partial charge is 0.360 e. The highest BCUT2D eigenvalue weighted by Crippen LogP contribution is 2.16. The Kier molecular flexibility index (Phi) is 1.63. The molecule has 2 aromatic heterocycles. The second-order valence-electron chi connectivity index (χ2n) is 2.15. The van der Waals surface area contributed by atoms with Crippen LogP contribution in [-0.2, 0) is 0 Å². The van der Waals surface area contributed by atoms with Crippen molar-refractivity contribution in [3.8, 4) is 11.4 Å².